The molecule has 0 aliphatic carbocycles. The highest BCUT2D eigenvalue weighted by Crippen LogP contribution is 2.36. The second-order valence-electron chi connectivity index (χ2n) is 8.75. The third-order valence-electron chi connectivity index (χ3n) is 6.25. The van der Waals surface area contributed by atoms with Gasteiger partial charge in [0, 0.05) is 17.1 Å². The van der Waals surface area contributed by atoms with Gasteiger partial charge in [0.2, 0.25) is 0 Å². The minimum Gasteiger partial charge on any atom is -0.497 e. The largest absolute Gasteiger partial charge is 0.497 e. The van der Waals surface area contributed by atoms with Gasteiger partial charge in [0.1, 0.15) is 5.75 Å². The number of anilines is 3. The number of aryl methyl sites for hydroxylation is 1. The molecule has 0 amide bonds. The predicted molar refractivity (Wildman–Crippen MR) is 152 cm³/mol. The number of rotatable bonds is 7. The average Bonchev–Trinajstić information content (AvgIpc) is 2.94. The molecule has 0 atom stereocenters. The van der Waals surface area contributed by atoms with Crippen LogP contribution in [0.5, 0.6) is 5.75 Å². The van der Waals surface area contributed by atoms with Gasteiger partial charge in [0.25, 0.3) is 0 Å². The molecule has 0 spiro atoms. The van der Waals surface area contributed by atoms with Crippen molar-refractivity contribution in [2.45, 2.75) is 6.92 Å². The van der Waals surface area contributed by atoms with Crippen LogP contribution in [0.3, 0.4) is 0 Å². The van der Waals surface area contributed by atoms with Gasteiger partial charge in [0.15, 0.2) is 0 Å². The van der Waals surface area contributed by atoms with Crippen LogP contribution in [0.25, 0.3) is 11.6 Å². The van der Waals surface area contributed by atoms with E-state index in [0.29, 0.717) is 0 Å². The molecular formula is C34H29NO. The Balaban J connectivity index is 1.56. The number of ether oxygens (including phenoxy) is 1. The monoisotopic (exact) mass is 467 g/mol. The normalized spacial score (nSPS) is 11.2. The topological polar surface area (TPSA) is 12.5 Å². The van der Waals surface area contributed by atoms with E-state index in [2.05, 4.69) is 133 Å². The molecule has 0 N–H and O–H groups in total. The van der Waals surface area contributed by atoms with Crippen LogP contribution in [0, 0.1) is 6.92 Å². The number of hydrogen-bond acceptors (Lipinski definition) is 2. The number of hydrogen-bond donors (Lipinski definition) is 0. The Morgan fingerprint density at radius 1 is 0.556 bits per heavy atom. The molecule has 5 aromatic carbocycles. The van der Waals surface area contributed by atoms with Crippen LogP contribution in [-0.4, -0.2) is 7.11 Å². The molecule has 176 valence electrons. The van der Waals surface area contributed by atoms with Gasteiger partial charge < -0.3 is 9.64 Å². The molecule has 0 saturated carbocycles. The van der Waals surface area contributed by atoms with Gasteiger partial charge in [-0.15, -0.1) is 0 Å². The number of benzene rings is 5. The van der Waals surface area contributed by atoms with Crippen LogP contribution in [-0.2, 0) is 0 Å². The summed E-state index contributed by atoms with van der Waals surface area (Å²) in [5, 5.41) is 0. The summed E-state index contributed by atoms with van der Waals surface area (Å²) in [6, 6.07) is 46.7. The molecule has 0 aliphatic heterocycles. The van der Waals surface area contributed by atoms with Gasteiger partial charge in [-0.25, -0.2) is 0 Å². The maximum absolute atomic E-state index is 5.38. The van der Waals surface area contributed by atoms with Crippen LogP contribution < -0.4 is 9.64 Å². The fraction of sp³-hybridized carbons (Fsp3) is 0.0588. The van der Waals surface area contributed by atoms with E-state index < -0.39 is 0 Å². The van der Waals surface area contributed by atoms with Crippen molar-refractivity contribution in [3.8, 4) is 5.75 Å². The van der Waals surface area contributed by atoms with Crippen LogP contribution in [0.4, 0.5) is 17.1 Å². The summed E-state index contributed by atoms with van der Waals surface area (Å²) in [6.45, 7) is 2.12. The van der Waals surface area contributed by atoms with Crippen molar-refractivity contribution < 1.29 is 4.74 Å². The summed E-state index contributed by atoms with van der Waals surface area (Å²) in [7, 11) is 1.69. The zero-order chi connectivity index (χ0) is 24.7. The van der Waals surface area contributed by atoms with Crippen molar-refractivity contribution in [2.24, 2.45) is 0 Å². The smallest absolute Gasteiger partial charge is 0.119 e. The van der Waals surface area contributed by atoms with E-state index in [4.69, 9.17) is 4.74 Å². The summed E-state index contributed by atoms with van der Waals surface area (Å²) in [5.41, 5.74) is 9.29. The number of methoxy groups -OCH3 is 1. The zero-order valence-electron chi connectivity index (χ0n) is 20.6. The van der Waals surface area contributed by atoms with E-state index in [1.807, 2.05) is 18.2 Å². The minimum atomic E-state index is 0.843. The highest BCUT2D eigenvalue weighted by Gasteiger charge is 2.13. The summed E-state index contributed by atoms with van der Waals surface area (Å²) >= 11 is 0. The molecule has 0 bridgehead atoms. The molecule has 36 heavy (non-hydrogen) atoms. The van der Waals surface area contributed by atoms with Crippen LogP contribution >= 0.6 is 0 Å². The van der Waals surface area contributed by atoms with Crippen molar-refractivity contribution in [1.29, 1.82) is 0 Å². The minimum absolute atomic E-state index is 0.843. The number of para-hydroxylation sites is 1. The van der Waals surface area contributed by atoms with Gasteiger partial charge >= 0.3 is 0 Å². The second kappa shape index (κ2) is 10.8. The molecule has 5 aromatic rings. The Labute approximate surface area is 213 Å². The Morgan fingerprint density at radius 2 is 1.03 bits per heavy atom. The van der Waals surface area contributed by atoms with Gasteiger partial charge in [-0.3, -0.25) is 0 Å². The van der Waals surface area contributed by atoms with Gasteiger partial charge in [-0.05, 0) is 83.8 Å². The highest BCUT2D eigenvalue weighted by molar-refractivity contribution is 5.92. The Morgan fingerprint density at radius 3 is 1.58 bits per heavy atom. The molecule has 0 unspecified atom stereocenters. The van der Waals surface area contributed by atoms with Crippen molar-refractivity contribution in [1.82, 2.24) is 0 Å². The summed E-state index contributed by atoms with van der Waals surface area (Å²) < 4.78 is 5.38. The third-order valence-corrected chi connectivity index (χ3v) is 6.25. The first-order valence-electron chi connectivity index (χ1n) is 12.1. The molecular weight excluding hydrogens is 438 g/mol. The van der Waals surface area contributed by atoms with E-state index in [0.717, 1.165) is 22.8 Å². The fourth-order valence-corrected chi connectivity index (χ4v) is 4.33. The Hall–Kier alpha value is -4.56. The quantitative estimate of drug-likeness (QED) is 0.221. The third kappa shape index (κ3) is 5.24. The van der Waals surface area contributed by atoms with Crippen LogP contribution in [0.15, 0.2) is 133 Å². The lowest BCUT2D eigenvalue weighted by Gasteiger charge is -2.26. The van der Waals surface area contributed by atoms with Gasteiger partial charge in [-0.2, -0.15) is 0 Å². The first-order valence-corrected chi connectivity index (χ1v) is 12.1. The highest BCUT2D eigenvalue weighted by atomic mass is 16.5. The van der Waals surface area contributed by atoms with Crippen molar-refractivity contribution in [2.75, 3.05) is 12.0 Å². The summed E-state index contributed by atoms with van der Waals surface area (Å²) in [5.74, 6) is 0.843. The molecule has 2 nitrogen and oxygen atoms in total. The van der Waals surface area contributed by atoms with Crippen LogP contribution in [0.2, 0.25) is 0 Å². The lowest BCUT2D eigenvalue weighted by atomic mass is 9.94. The van der Waals surface area contributed by atoms with Crippen LogP contribution in [0.1, 0.15) is 22.3 Å². The van der Waals surface area contributed by atoms with Crippen molar-refractivity contribution in [3.63, 3.8) is 0 Å². The lowest BCUT2D eigenvalue weighted by Crippen LogP contribution is -2.09. The van der Waals surface area contributed by atoms with E-state index in [9.17, 15) is 0 Å². The maximum atomic E-state index is 5.38. The average molecular weight is 468 g/mol. The predicted octanol–water partition coefficient (Wildman–Crippen LogP) is 9.06. The molecule has 5 rings (SSSR count). The van der Waals surface area contributed by atoms with Gasteiger partial charge in [0.05, 0.1) is 7.11 Å². The first kappa shape index (κ1) is 23.2. The maximum Gasteiger partial charge on any atom is 0.119 e. The Bertz CT molecular complexity index is 1420. The lowest BCUT2D eigenvalue weighted by molar-refractivity contribution is 0.415. The van der Waals surface area contributed by atoms with E-state index in [1.54, 1.807) is 7.11 Å². The zero-order valence-corrected chi connectivity index (χ0v) is 20.6. The fourth-order valence-electron chi connectivity index (χ4n) is 4.33. The van der Waals surface area contributed by atoms with Crippen molar-refractivity contribution in [3.05, 3.63) is 156 Å². The Kier molecular flexibility index (Phi) is 6.95. The molecule has 2 heteroatoms. The molecule has 0 heterocycles. The van der Waals surface area contributed by atoms with Crippen molar-refractivity contribution >= 4 is 28.7 Å². The summed E-state index contributed by atoms with van der Waals surface area (Å²) in [6.07, 6.45) is 2.26. The molecule has 0 aromatic heterocycles. The number of nitrogens with zero attached hydrogens (tertiary/aromatic N) is 1. The van der Waals surface area contributed by atoms with E-state index >= 15 is 0 Å². The molecule has 0 radical (unpaired) electrons. The van der Waals surface area contributed by atoms with Gasteiger partial charge in [-0.1, -0.05) is 90.5 Å². The van der Waals surface area contributed by atoms with E-state index in [1.165, 1.54) is 27.8 Å². The second-order valence-corrected chi connectivity index (χ2v) is 8.75. The first-order chi connectivity index (χ1) is 17.7. The molecule has 0 aliphatic rings. The summed E-state index contributed by atoms with van der Waals surface area (Å²) in [4.78, 5) is 2.26. The SMILES string of the molecule is COc1ccc(N(c2ccccc2)c2ccc(C(=Cc3ccccc3)c3ccc(C)cc3)cc2)cc1. The van der Waals surface area contributed by atoms with E-state index in [-0.39, 0.29) is 0 Å². The molecule has 0 saturated heterocycles. The molecule has 0 fully saturated rings. The standard InChI is InChI=1S/C34H29NO/c1-26-13-15-28(16-14-26)34(25-27-9-5-3-6-10-27)29-17-19-31(20-18-29)35(30-11-7-4-8-12-30)32-21-23-33(36-2)24-22-32/h3-25H,1-2H3.